The number of hydrogen-bond acceptors (Lipinski definition) is 5. The van der Waals surface area contributed by atoms with E-state index in [1.807, 2.05) is 0 Å². The first-order valence-corrected chi connectivity index (χ1v) is 9.52. The zero-order valence-electron chi connectivity index (χ0n) is 10.2. The van der Waals surface area contributed by atoms with Gasteiger partial charge in [-0.3, -0.25) is 0 Å². The summed E-state index contributed by atoms with van der Waals surface area (Å²) in [6.45, 7) is 1.73. The van der Waals surface area contributed by atoms with Gasteiger partial charge < -0.3 is 0 Å². The number of aryl methyl sites for hydroxylation is 1. The van der Waals surface area contributed by atoms with Crippen LogP contribution in [0.1, 0.15) is 5.56 Å². The fraction of sp³-hybridized carbons (Fsp3) is 0.0909. The summed E-state index contributed by atoms with van der Waals surface area (Å²) in [5.41, 5.74) is 0.749. The quantitative estimate of drug-likeness (QED) is 0.917. The Hall–Kier alpha value is -0.930. The van der Waals surface area contributed by atoms with E-state index in [2.05, 4.69) is 0 Å². The Morgan fingerprint density at radius 3 is 2.15 bits per heavy atom. The third kappa shape index (κ3) is 3.39. The van der Waals surface area contributed by atoms with Gasteiger partial charge in [-0.15, -0.1) is 11.3 Å². The molecule has 0 radical (unpaired) electrons. The van der Waals surface area contributed by atoms with Crippen molar-refractivity contribution in [3.05, 3.63) is 46.3 Å². The van der Waals surface area contributed by atoms with Gasteiger partial charge in [0.05, 0.1) is 4.90 Å². The molecule has 1 N–H and O–H groups in total. The van der Waals surface area contributed by atoms with E-state index in [9.17, 15) is 16.8 Å². The Bertz CT molecular complexity index is 823. The Labute approximate surface area is 126 Å². The maximum absolute atomic E-state index is 12.0. The van der Waals surface area contributed by atoms with Crippen LogP contribution < -0.4 is 4.13 Å². The summed E-state index contributed by atoms with van der Waals surface area (Å²) in [5, 5.41) is 1.99. The first-order chi connectivity index (χ1) is 9.21. The largest absolute Gasteiger partial charge is 0.263 e. The van der Waals surface area contributed by atoms with Gasteiger partial charge >= 0.3 is 0 Å². The van der Waals surface area contributed by atoms with Crippen molar-refractivity contribution in [2.24, 2.45) is 0 Å². The highest BCUT2D eigenvalue weighted by Crippen LogP contribution is 2.21. The summed E-state index contributed by atoms with van der Waals surface area (Å²) in [6, 6.07) is 6.63. The van der Waals surface area contributed by atoms with Gasteiger partial charge in [0.2, 0.25) is 0 Å². The summed E-state index contributed by atoms with van der Waals surface area (Å²) in [7, 11) is -8.27. The number of nitrogens with one attached hydrogen (secondary N) is 1. The van der Waals surface area contributed by atoms with Crippen molar-refractivity contribution in [1.82, 2.24) is 4.13 Å². The highest BCUT2D eigenvalue weighted by Gasteiger charge is 2.25. The third-order valence-electron chi connectivity index (χ3n) is 2.31. The van der Waals surface area contributed by atoms with E-state index in [0.717, 1.165) is 16.9 Å². The van der Waals surface area contributed by atoms with Crippen molar-refractivity contribution in [3.8, 4) is 0 Å². The summed E-state index contributed by atoms with van der Waals surface area (Å²) in [4.78, 5) is -0.168. The molecule has 0 unspecified atom stereocenters. The normalized spacial score (nSPS) is 12.5. The van der Waals surface area contributed by atoms with Gasteiger partial charge in [-0.05, 0) is 48.2 Å². The Kier molecular flexibility index (Phi) is 4.22. The fourth-order valence-corrected chi connectivity index (χ4v) is 5.80. The standard InChI is InChI=1S/C11H10ClNO4S3/c1-8-6-11(18-7-8)20(16,17)13-19(14,15)10-4-2-9(12)3-5-10/h2-7,13H,1H3. The molecule has 0 saturated carbocycles. The first-order valence-electron chi connectivity index (χ1n) is 5.30. The minimum absolute atomic E-state index is 0.0486. The van der Waals surface area contributed by atoms with Crippen LogP contribution >= 0.6 is 22.9 Å². The maximum Gasteiger partial charge on any atom is 0.263 e. The second-order valence-corrected chi connectivity index (χ2v) is 9.18. The molecule has 2 aromatic rings. The predicted octanol–water partition coefficient (Wildman–Crippen LogP) is 2.38. The zero-order valence-corrected chi connectivity index (χ0v) is 13.4. The molecule has 0 atom stereocenters. The summed E-state index contributed by atoms with van der Waals surface area (Å²) < 4.78 is 49.7. The number of halogens is 1. The van der Waals surface area contributed by atoms with E-state index in [0.29, 0.717) is 5.02 Å². The molecule has 108 valence electrons. The average molecular weight is 352 g/mol. The van der Waals surface area contributed by atoms with Crippen molar-refractivity contribution < 1.29 is 16.8 Å². The molecule has 0 spiro atoms. The minimum atomic E-state index is -4.16. The van der Waals surface area contributed by atoms with Crippen molar-refractivity contribution in [1.29, 1.82) is 0 Å². The smallest absolute Gasteiger partial charge is 0.206 e. The molecule has 0 aliphatic rings. The minimum Gasteiger partial charge on any atom is -0.206 e. The molecule has 1 aromatic heterocycles. The lowest BCUT2D eigenvalue weighted by Crippen LogP contribution is -2.30. The average Bonchev–Trinajstić information content (AvgIpc) is 2.76. The summed E-state index contributed by atoms with van der Waals surface area (Å²) in [5.74, 6) is 0. The SMILES string of the molecule is Cc1csc(S(=O)(=O)NS(=O)(=O)c2ccc(Cl)cc2)c1. The van der Waals surface area contributed by atoms with Gasteiger partial charge in [-0.25, -0.2) is 16.8 Å². The summed E-state index contributed by atoms with van der Waals surface area (Å²) in [6.07, 6.45) is 0. The molecular weight excluding hydrogens is 342 g/mol. The van der Waals surface area contributed by atoms with E-state index in [4.69, 9.17) is 11.6 Å². The topological polar surface area (TPSA) is 80.3 Å². The monoisotopic (exact) mass is 351 g/mol. The highest BCUT2D eigenvalue weighted by molar-refractivity contribution is 8.05. The first kappa shape index (κ1) is 15.5. The van der Waals surface area contributed by atoms with Crippen LogP contribution in [-0.2, 0) is 20.0 Å². The number of rotatable bonds is 4. The van der Waals surface area contributed by atoms with Gasteiger partial charge in [0.25, 0.3) is 20.0 Å². The number of hydrogen-bond donors (Lipinski definition) is 1. The molecule has 0 amide bonds. The van der Waals surface area contributed by atoms with Crippen LogP contribution in [0.5, 0.6) is 0 Å². The predicted molar refractivity (Wildman–Crippen MR) is 78.0 cm³/mol. The molecule has 2 rings (SSSR count). The van der Waals surface area contributed by atoms with Crippen LogP contribution in [-0.4, -0.2) is 16.8 Å². The number of thiophene rings is 1. The molecule has 0 bridgehead atoms. The van der Waals surface area contributed by atoms with Crippen LogP contribution in [0.25, 0.3) is 0 Å². The Balaban J connectivity index is 2.35. The van der Waals surface area contributed by atoms with Gasteiger partial charge in [-0.2, -0.15) is 0 Å². The van der Waals surface area contributed by atoms with Gasteiger partial charge in [-0.1, -0.05) is 15.7 Å². The van der Waals surface area contributed by atoms with Gasteiger partial charge in [0, 0.05) is 5.02 Å². The molecule has 0 aliphatic carbocycles. The van der Waals surface area contributed by atoms with Crippen LogP contribution in [0.4, 0.5) is 0 Å². The fourth-order valence-electron chi connectivity index (χ4n) is 1.39. The lowest BCUT2D eigenvalue weighted by molar-refractivity contribution is 0.578. The molecule has 5 nitrogen and oxygen atoms in total. The van der Waals surface area contributed by atoms with Crippen LogP contribution in [0.15, 0.2) is 44.8 Å². The molecule has 0 saturated heterocycles. The number of sulfonamides is 2. The number of benzene rings is 1. The van der Waals surface area contributed by atoms with E-state index in [1.165, 1.54) is 30.3 Å². The van der Waals surface area contributed by atoms with Gasteiger partial charge in [0.1, 0.15) is 4.21 Å². The molecule has 0 aliphatic heterocycles. The molecular formula is C11H10ClNO4S3. The highest BCUT2D eigenvalue weighted by atomic mass is 35.5. The molecule has 20 heavy (non-hydrogen) atoms. The van der Waals surface area contributed by atoms with Crippen molar-refractivity contribution >= 4 is 43.0 Å². The third-order valence-corrected chi connectivity index (χ3v) is 7.65. The maximum atomic E-state index is 12.0. The van der Waals surface area contributed by atoms with Crippen molar-refractivity contribution in [2.75, 3.05) is 0 Å². The van der Waals surface area contributed by atoms with Gasteiger partial charge in [0.15, 0.2) is 0 Å². The van der Waals surface area contributed by atoms with E-state index in [1.54, 1.807) is 16.4 Å². The van der Waals surface area contributed by atoms with E-state index < -0.39 is 20.0 Å². The lowest BCUT2D eigenvalue weighted by atomic mass is 10.4. The zero-order chi connectivity index (χ0) is 15.0. The Morgan fingerprint density at radius 1 is 1.05 bits per heavy atom. The van der Waals surface area contributed by atoms with Crippen LogP contribution in [0.2, 0.25) is 5.02 Å². The van der Waals surface area contributed by atoms with Crippen molar-refractivity contribution in [2.45, 2.75) is 16.0 Å². The van der Waals surface area contributed by atoms with Crippen LogP contribution in [0.3, 0.4) is 0 Å². The summed E-state index contributed by atoms with van der Waals surface area (Å²) >= 11 is 6.62. The van der Waals surface area contributed by atoms with E-state index >= 15 is 0 Å². The van der Waals surface area contributed by atoms with Crippen molar-refractivity contribution in [3.63, 3.8) is 0 Å². The second kappa shape index (κ2) is 5.45. The molecule has 9 heteroatoms. The van der Waals surface area contributed by atoms with Crippen LogP contribution in [0, 0.1) is 6.92 Å². The molecule has 0 fully saturated rings. The van der Waals surface area contributed by atoms with E-state index in [-0.39, 0.29) is 9.10 Å². The Morgan fingerprint density at radius 2 is 1.65 bits per heavy atom. The lowest BCUT2D eigenvalue weighted by Gasteiger charge is -2.06. The molecule has 1 heterocycles. The molecule has 1 aromatic carbocycles. The second-order valence-electron chi connectivity index (χ2n) is 3.99.